The topological polar surface area (TPSA) is 81.8 Å². The van der Waals surface area contributed by atoms with Crippen molar-refractivity contribution < 1.29 is 13.7 Å². The van der Waals surface area contributed by atoms with Crippen LogP contribution in [0.25, 0.3) is 0 Å². The van der Waals surface area contributed by atoms with Crippen molar-refractivity contribution in [2.24, 2.45) is 4.36 Å². The highest BCUT2D eigenvalue weighted by atomic mass is 32.2. The largest absolute Gasteiger partial charge is 0.450 e. The summed E-state index contributed by atoms with van der Waals surface area (Å²) in [5.41, 5.74) is 6.95. The second-order valence-electron chi connectivity index (χ2n) is 3.12. The molecule has 0 radical (unpaired) electrons. The van der Waals surface area contributed by atoms with E-state index in [-0.39, 0.29) is 6.61 Å². The molecule has 2 N–H and O–H groups in total. The Morgan fingerprint density at radius 1 is 1.50 bits per heavy atom. The number of nitrogens with zero attached hydrogens (tertiary/aromatic N) is 1. The van der Waals surface area contributed by atoms with E-state index in [2.05, 4.69) is 9.10 Å². The molecular weight excluding hydrogens is 228 g/mol. The molecule has 0 spiro atoms. The Morgan fingerprint density at radius 3 is 2.75 bits per heavy atom. The van der Waals surface area contributed by atoms with Crippen LogP contribution in [0.3, 0.4) is 0 Å². The fourth-order valence-corrected chi connectivity index (χ4v) is 1.96. The molecule has 0 aliphatic heterocycles. The lowest BCUT2D eigenvalue weighted by Gasteiger charge is -2.07. The van der Waals surface area contributed by atoms with E-state index in [9.17, 15) is 9.00 Å². The Hall–Kier alpha value is -1.56. The van der Waals surface area contributed by atoms with Gasteiger partial charge in [0.05, 0.1) is 6.61 Å². The van der Waals surface area contributed by atoms with Gasteiger partial charge in [0.1, 0.15) is 0 Å². The molecule has 6 heteroatoms. The van der Waals surface area contributed by atoms with Gasteiger partial charge in [-0.25, -0.2) is 4.79 Å². The molecule has 1 aromatic carbocycles. The van der Waals surface area contributed by atoms with Crippen LogP contribution in [0.2, 0.25) is 0 Å². The van der Waals surface area contributed by atoms with E-state index >= 15 is 0 Å². The average Bonchev–Trinajstić information content (AvgIpc) is 2.16. The molecule has 1 amide bonds. The van der Waals surface area contributed by atoms with Crippen molar-refractivity contribution >= 4 is 22.4 Å². The van der Waals surface area contributed by atoms with Crippen LogP contribution in [-0.2, 0) is 19.5 Å². The molecule has 88 valence electrons. The summed E-state index contributed by atoms with van der Waals surface area (Å²) in [4.78, 5) is 11.4. The molecule has 0 saturated heterocycles. The summed E-state index contributed by atoms with van der Waals surface area (Å²) in [6, 6.07) is 4.92. The number of carbonyl (C=O) groups excluding carboxylic acids is 1. The maximum atomic E-state index is 11.6. The van der Waals surface area contributed by atoms with E-state index in [1.165, 1.54) is 6.07 Å². The first-order valence-electron chi connectivity index (χ1n) is 4.70. The number of hydrogen-bond donors (Lipinski definition) is 1. The molecule has 0 saturated carbocycles. The minimum atomic E-state index is -1.77. The van der Waals surface area contributed by atoms with Crippen LogP contribution in [0.1, 0.15) is 12.5 Å². The molecule has 0 fully saturated rings. The highest BCUT2D eigenvalue weighted by Gasteiger charge is 1.94. The minimum absolute atomic E-state index is 0.204. The fraction of sp³-hybridized carbons (Fsp3) is 0.300. The third-order valence-electron chi connectivity index (χ3n) is 1.70. The summed E-state index contributed by atoms with van der Waals surface area (Å²) < 4.78 is 19.6. The van der Waals surface area contributed by atoms with Gasteiger partial charge in [-0.05, 0) is 19.9 Å². The van der Waals surface area contributed by atoms with E-state index in [4.69, 9.17) is 5.73 Å². The Kier molecular flexibility index (Phi) is 4.30. The zero-order valence-corrected chi connectivity index (χ0v) is 9.91. The van der Waals surface area contributed by atoms with Gasteiger partial charge in [0.15, 0.2) is 0 Å². The lowest BCUT2D eigenvalue weighted by atomic mass is 10.2. The van der Waals surface area contributed by atoms with Crippen molar-refractivity contribution in [2.75, 3.05) is 12.3 Å². The number of aryl methyl sites for hydroxylation is 1. The van der Waals surface area contributed by atoms with Gasteiger partial charge in [-0.2, -0.15) is 0 Å². The maximum absolute atomic E-state index is 11.6. The summed E-state index contributed by atoms with van der Waals surface area (Å²) >= 11 is 0. The van der Waals surface area contributed by atoms with Gasteiger partial charge in [0, 0.05) is 5.69 Å². The van der Waals surface area contributed by atoms with Crippen LogP contribution in [0.15, 0.2) is 27.5 Å². The summed E-state index contributed by atoms with van der Waals surface area (Å²) in [7, 11) is -1.77. The highest BCUT2D eigenvalue weighted by Crippen LogP contribution is 2.13. The number of benzene rings is 1. The van der Waals surface area contributed by atoms with Crippen molar-refractivity contribution in [3.05, 3.63) is 23.8 Å². The molecule has 5 nitrogen and oxygen atoms in total. The van der Waals surface area contributed by atoms with Crippen molar-refractivity contribution in [3.63, 3.8) is 0 Å². The Morgan fingerprint density at radius 2 is 2.19 bits per heavy atom. The van der Waals surface area contributed by atoms with Gasteiger partial charge in [-0.3, -0.25) is 4.36 Å². The van der Waals surface area contributed by atoms with E-state index in [0.29, 0.717) is 10.6 Å². The SMILES string of the molecule is CCOC(=O)N=[S-](=O)c1cc(C)cc(N)c1. The Labute approximate surface area is 95.8 Å². The standard InChI is InChI=1S/C10H13N2O3S/c1-3-15-10(13)12-16(14)9-5-7(2)4-8(11)6-9/h4-6H,3,11H2,1-2H3/q-1. The molecule has 1 aromatic rings. The van der Waals surface area contributed by atoms with Crippen LogP contribution in [0.5, 0.6) is 0 Å². The van der Waals surface area contributed by atoms with E-state index < -0.39 is 16.7 Å². The third-order valence-corrected chi connectivity index (χ3v) is 2.65. The Balaban J connectivity index is 3.00. The molecule has 0 aromatic heterocycles. The second-order valence-corrected chi connectivity index (χ2v) is 4.27. The number of anilines is 1. The number of carbonyl (C=O) groups is 1. The molecule has 0 atom stereocenters. The molecule has 0 aliphatic rings. The lowest BCUT2D eigenvalue weighted by Crippen LogP contribution is -1.98. The number of nitrogen functional groups attached to an aromatic ring is 1. The monoisotopic (exact) mass is 241 g/mol. The predicted molar refractivity (Wildman–Crippen MR) is 61.4 cm³/mol. The first-order chi connectivity index (χ1) is 7.52. The quantitative estimate of drug-likeness (QED) is 0.636. The summed E-state index contributed by atoms with van der Waals surface area (Å²) in [6.07, 6.45) is -0.832. The van der Waals surface area contributed by atoms with Crippen LogP contribution in [0, 0.1) is 6.92 Å². The van der Waals surface area contributed by atoms with Crippen LogP contribution >= 0.6 is 0 Å². The summed E-state index contributed by atoms with van der Waals surface area (Å²) in [6.45, 7) is 3.68. The van der Waals surface area contributed by atoms with E-state index in [0.717, 1.165) is 5.56 Å². The summed E-state index contributed by atoms with van der Waals surface area (Å²) in [5.74, 6) is 0. The normalized spacial score (nSPS) is 12.4. The minimum Gasteiger partial charge on any atom is -0.450 e. The van der Waals surface area contributed by atoms with Gasteiger partial charge >= 0.3 is 6.09 Å². The maximum Gasteiger partial charge on any atom is 0.410 e. The molecular formula is C10H13N2O3S-. The first-order valence-corrected chi connectivity index (χ1v) is 5.81. The smallest absolute Gasteiger partial charge is 0.410 e. The van der Waals surface area contributed by atoms with Gasteiger partial charge in [-0.1, -0.05) is 22.6 Å². The molecule has 16 heavy (non-hydrogen) atoms. The highest BCUT2D eigenvalue weighted by molar-refractivity contribution is 7.75. The number of amides is 1. The average molecular weight is 241 g/mol. The molecule has 1 rings (SSSR count). The van der Waals surface area contributed by atoms with Crippen molar-refractivity contribution in [2.45, 2.75) is 18.7 Å². The zero-order valence-electron chi connectivity index (χ0n) is 9.10. The fourth-order valence-electron chi connectivity index (χ4n) is 1.15. The van der Waals surface area contributed by atoms with Crippen molar-refractivity contribution in [3.8, 4) is 0 Å². The van der Waals surface area contributed by atoms with Gasteiger partial charge < -0.3 is 14.7 Å². The number of nitrogens with two attached hydrogens (primary N) is 1. The Bertz CT molecular complexity index is 459. The van der Waals surface area contributed by atoms with E-state index in [1.54, 1.807) is 19.1 Å². The van der Waals surface area contributed by atoms with Crippen LogP contribution in [0.4, 0.5) is 10.5 Å². The molecule has 0 unspecified atom stereocenters. The first kappa shape index (κ1) is 12.5. The number of hydrogen-bond acceptors (Lipinski definition) is 5. The second kappa shape index (κ2) is 5.50. The van der Waals surface area contributed by atoms with E-state index in [1.807, 2.05) is 6.92 Å². The van der Waals surface area contributed by atoms with Gasteiger partial charge in [0.25, 0.3) is 0 Å². The number of ether oxygens (including phenoxy) is 1. The predicted octanol–water partition coefficient (Wildman–Crippen LogP) is 2.24. The molecule has 0 heterocycles. The van der Waals surface area contributed by atoms with Gasteiger partial charge in [0.2, 0.25) is 0 Å². The summed E-state index contributed by atoms with van der Waals surface area (Å²) in [5, 5.41) is 0. The zero-order chi connectivity index (χ0) is 12.1. The van der Waals surface area contributed by atoms with Crippen LogP contribution in [-0.4, -0.2) is 12.7 Å². The lowest BCUT2D eigenvalue weighted by molar-refractivity contribution is 0.164. The number of rotatable bonds is 2. The van der Waals surface area contributed by atoms with Crippen molar-refractivity contribution in [1.29, 1.82) is 0 Å². The molecule has 0 aliphatic carbocycles. The van der Waals surface area contributed by atoms with Crippen LogP contribution < -0.4 is 5.73 Å². The molecule has 0 bridgehead atoms. The van der Waals surface area contributed by atoms with Gasteiger partial charge in [-0.15, -0.1) is 10.6 Å². The van der Waals surface area contributed by atoms with Crippen molar-refractivity contribution in [1.82, 2.24) is 0 Å². The third kappa shape index (κ3) is 3.54.